The molecule has 30 heavy (non-hydrogen) atoms. The second kappa shape index (κ2) is 9.23. The minimum absolute atomic E-state index is 0.148. The largest absolute Gasteiger partial charge is 0.449 e. The molecule has 1 saturated carbocycles. The first kappa shape index (κ1) is 21.7. The number of H-pyrrole nitrogens is 1. The van der Waals surface area contributed by atoms with Crippen molar-refractivity contribution in [1.82, 2.24) is 25.5 Å². The van der Waals surface area contributed by atoms with Gasteiger partial charge < -0.3 is 15.4 Å². The number of carbonyl (C=O) groups is 2. The second-order valence-corrected chi connectivity index (χ2v) is 8.93. The van der Waals surface area contributed by atoms with Crippen LogP contribution in [0.5, 0.6) is 0 Å². The van der Waals surface area contributed by atoms with Gasteiger partial charge in [-0.15, -0.1) is 0 Å². The summed E-state index contributed by atoms with van der Waals surface area (Å²) in [6.07, 6.45) is 5.90. The maximum atomic E-state index is 12.2. The highest BCUT2D eigenvalue weighted by Gasteiger charge is 2.28. The van der Waals surface area contributed by atoms with E-state index in [-0.39, 0.29) is 24.0 Å². The van der Waals surface area contributed by atoms with Crippen molar-refractivity contribution in [1.29, 1.82) is 0 Å². The summed E-state index contributed by atoms with van der Waals surface area (Å²) in [6, 6.07) is 1.87. The fourth-order valence-corrected chi connectivity index (χ4v) is 3.52. The van der Waals surface area contributed by atoms with E-state index in [1.807, 2.05) is 33.8 Å². The molecule has 1 aliphatic carbocycles. The van der Waals surface area contributed by atoms with E-state index in [0.29, 0.717) is 30.0 Å². The molecule has 2 amide bonds. The second-order valence-electron chi connectivity index (χ2n) is 8.93. The maximum Gasteiger partial charge on any atom is 0.407 e. The van der Waals surface area contributed by atoms with E-state index in [2.05, 4.69) is 30.8 Å². The average molecular weight is 415 g/mol. The molecule has 2 aromatic rings. The summed E-state index contributed by atoms with van der Waals surface area (Å²) >= 11 is 0. The van der Waals surface area contributed by atoms with Crippen LogP contribution in [0.3, 0.4) is 0 Å². The Hall–Kier alpha value is -2.97. The number of carbonyl (C=O) groups excluding carboxylic acids is 2. The SMILES string of the molecule is Cc1cnc(CC(=O)Nc2cc([C@H]3CCC(COC(=O)NC(C)(C)C)C3)[nH]n2)cn1. The van der Waals surface area contributed by atoms with E-state index in [0.717, 1.165) is 30.7 Å². The summed E-state index contributed by atoms with van der Waals surface area (Å²) in [6.45, 7) is 8.02. The number of hydrogen-bond donors (Lipinski definition) is 3. The maximum absolute atomic E-state index is 12.2. The van der Waals surface area contributed by atoms with E-state index in [4.69, 9.17) is 4.74 Å². The first-order valence-corrected chi connectivity index (χ1v) is 10.3. The van der Waals surface area contributed by atoms with Gasteiger partial charge in [-0.2, -0.15) is 5.10 Å². The third-order valence-electron chi connectivity index (χ3n) is 4.95. The fourth-order valence-electron chi connectivity index (χ4n) is 3.52. The van der Waals surface area contributed by atoms with Gasteiger partial charge in [0.15, 0.2) is 5.82 Å². The summed E-state index contributed by atoms with van der Waals surface area (Å²) in [7, 11) is 0. The molecule has 162 valence electrons. The van der Waals surface area contributed by atoms with Crippen molar-refractivity contribution in [3.8, 4) is 0 Å². The van der Waals surface area contributed by atoms with Gasteiger partial charge in [0.25, 0.3) is 0 Å². The molecule has 9 heteroatoms. The van der Waals surface area contributed by atoms with Crippen molar-refractivity contribution < 1.29 is 14.3 Å². The highest BCUT2D eigenvalue weighted by molar-refractivity contribution is 5.91. The van der Waals surface area contributed by atoms with Gasteiger partial charge in [0.1, 0.15) is 0 Å². The zero-order chi connectivity index (χ0) is 21.7. The Morgan fingerprint density at radius 1 is 1.23 bits per heavy atom. The van der Waals surface area contributed by atoms with Crippen LogP contribution in [0.2, 0.25) is 0 Å². The molecule has 1 aliphatic rings. The lowest BCUT2D eigenvalue weighted by atomic mass is 10.0. The molecule has 0 saturated heterocycles. The number of hydrogen-bond acceptors (Lipinski definition) is 6. The molecule has 1 unspecified atom stereocenters. The van der Waals surface area contributed by atoms with Crippen LogP contribution in [-0.4, -0.2) is 44.3 Å². The quantitative estimate of drug-likeness (QED) is 0.668. The predicted molar refractivity (Wildman–Crippen MR) is 112 cm³/mol. The van der Waals surface area contributed by atoms with Gasteiger partial charge in [0.2, 0.25) is 5.91 Å². The van der Waals surface area contributed by atoms with Crippen LogP contribution in [-0.2, 0) is 16.0 Å². The molecule has 9 nitrogen and oxygen atoms in total. The van der Waals surface area contributed by atoms with Crippen molar-refractivity contribution in [2.24, 2.45) is 5.92 Å². The highest BCUT2D eigenvalue weighted by Crippen LogP contribution is 2.38. The Bertz CT molecular complexity index is 872. The van der Waals surface area contributed by atoms with Crippen LogP contribution >= 0.6 is 0 Å². The molecule has 0 bridgehead atoms. The number of rotatable bonds is 6. The number of aromatic nitrogens is 4. The molecule has 0 radical (unpaired) electrons. The van der Waals surface area contributed by atoms with Crippen LogP contribution in [0.25, 0.3) is 0 Å². The Morgan fingerprint density at radius 2 is 2.03 bits per heavy atom. The van der Waals surface area contributed by atoms with E-state index in [9.17, 15) is 9.59 Å². The summed E-state index contributed by atoms with van der Waals surface area (Å²) in [4.78, 5) is 32.4. The molecule has 0 aromatic carbocycles. The van der Waals surface area contributed by atoms with E-state index < -0.39 is 0 Å². The number of amides is 2. The zero-order valence-electron chi connectivity index (χ0n) is 18.0. The van der Waals surface area contributed by atoms with Gasteiger partial charge in [-0.3, -0.25) is 19.9 Å². The minimum Gasteiger partial charge on any atom is -0.449 e. The number of aryl methyl sites for hydroxylation is 1. The van der Waals surface area contributed by atoms with Crippen molar-refractivity contribution in [3.63, 3.8) is 0 Å². The fraction of sp³-hybridized carbons (Fsp3) is 0.571. The van der Waals surface area contributed by atoms with Gasteiger partial charge in [0, 0.05) is 35.6 Å². The topological polar surface area (TPSA) is 122 Å². The Morgan fingerprint density at radius 3 is 2.73 bits per heavy atom. The average Bonchev–Trinajstić information content (AvgIpc) is 3.30. The number of alkyl carbamates (subject to hydrolysis) is 1. The zero-order valence-corrected chi connectivity index (χ0v) is 18.0. The number of aromatic amines is 1. The Balaban J connectivity index is 1.45. The van der Waals surface area contributed by atoms with Gasteiger partial charge in [0.05, 0.1) is 24.4 Å². The van der Waals surface area contributed by atoms with Crippen LogP contribution in [0.1, 0.15) is 63.0 Å². The molecule has 0 aliphatic heterocycles. The lowest BCUT2D eigenvalue weighted by molar-refractivity contribution is -0.115. The first-order valence-electron chi connectivity index (χ1n) is 10.3. The number of ether oxygens (including phenoxy) is 1. The molecule has 1 fully saturated rings. The van der Waals surface area contributed by atoms with Crippen molar-refractivity contribution >= 4 is 17.8 Å². The van der Waals surface area contributed by atoms with Gasteiger partial charge in [-0.05, 0) is 52.9 Å². The number of nitrogens with one attached hydrogen (secondary N) is 3. The minimum atomic E-state index is -0.379. The molecule has 0 spiro atoms. The van der Waals surface area contributed by atoms with Crippen LogP contribution in [0, 0.1) is 12.8 Å². The van der Waals surface area contributed by atoms with E-state index >= 15 is 0 Å². The van der Waals surface area contributed by atoms with Crippen LogP contribution in [0.4, 0.5) is 10.6 Å². The number of anilines is 1. The summed E-state index contributed by atoms with van der Waals surface area (Å²) in [5, 5.41) is 12.8. The molecular formula is C21H30N6O3. The smallest absolute Gasteiger partial charge is 0.407 e. The number of nitrogens with zero attached hydrogens (tertiary/aromatic N) is 3. The first-order chi connectivity index (χ1) is 14.2. The Kier molecular flexibility index (Phi) is 6.69. The van der Waals surface area contributed by atoms with Gasteiger partial charge in [-0.25, -0.2) is 4.79 Å². The van der Waals surface area contributed by atoms with E-state index in [1.165, 1.54) is 0 Å². The lowest BCUT2D eigenvalue weighted by Crippen LogP contribution is -2.41. The summed E-state index contributed by atoms with van der Waals surface area (Å²) in [5.74, 6) is 0.945. The molecular weight excluding hydrogens is 384 g/mol. The van der Waals surface area contributed by atoms with Crippen molar-refractivity contribution in [3.05, 3.63) is 35.5 Å². The van der Waals surface area contributed by atoms with Gasteiger partial charge >= 0.3 is 6.09 Å². The third-order valence-corrected chi connectivity index (χ3v) is 4.95. The summed E-state index contributed by atoms with van der Waals surface area (Å²) < 4.78 is 5.36. The molecule has 2 atom stereocenters. The monoisotopic (exact) mass is 414 g/mol. The normalized spacial score (nSPS) is 18.8. The van der Waals surface area contributed by atoms with Crippen LogP contribution in [0.15, 0.2) is 18.5 Å². The molecule has 2 heterocycles. The standard InChI is InChI=1S/C21H30N6O3/c1-13-10-23-16(11-22-13)8-19(28)24-18-9-17(26-27-18)15-6-5-14(7-15)12-30-20(29)25-21(2,3)4/h9-11,14-15H,5-8,12H2,1-4H3,(H,25,29)(H2,24,26,27,28)/t14?,15-/m0/s1. The van der Waals surface area contributed by atoms with Crippen molar-refractivity contribution in [2.45, 2.75) is 64.8 Å². The predicted octanol–water partition coefficient (Wildman–Crippen LogP) is 3.10. The lowest BCUT2D eigenvalue weighted by Gasteiger charge is -2.20. The molecule has 2 aromatic heterocycles. The van der Waals surface area contributed by atoms with Crippen LogP contribution < -0.4 is 10.6 Å². The highest BCUT2D eigenvalue weighted by atomic mass is 16.5. The van der Waals surface area contributed by atoms with Gasteiger partial charge in [-0.1, -0.05) is 0 Å². The van der Waals surface area contributed by atoms with E-state index in [1.54, 1.807) is 12.4 Å². The summed E-state index contributed by atoms with van der Waals surface area (Å²) in [5.41, 5.74) is 2.11. The molecule has 3 rings (SSSR count). The Labute approximate surface area is 176 Å². The molecule has 3 N–H and O–H groups in total. The third kappa shape index (κ3) is 6.53. The van der Waals surface area contributed by atoms with Crippen molar-refractivity contribution in [2.75, 3.05) is 11.9 Å².